The van der Waals surface area contributed by atoms with E-state index in [1.807, 2.05) is 35.2 Å². The van der Waals surface area contributed by atoms with E-state index in [4.69, 9.17) is 4.74 Å². The van der Waals surface area contributed by atoms with Crippen LogP contribution in [0.25, 0.3) is 11.1 Å². The molecule has 5 nitrogen and oxygen atoms in total. The second kappa shape index (κ2) is 9.41. The third-order valence-electron chi connectivity index (χ3n) is 6.63. The Balaban J connectivity index is 1.57. The van der Waals surface area contributed by atoms with Crippen LogP contribution in [0.1, 0.15) is 31.2 Å². The van der Waals surface area contributed by atoms with Crippen LogP contribution in [0.3, 0.4) is 0 Å². The first kappa shape index (κ1) is 22.5. The molecule has 170 valence electrons. The van der Waals surface area contributed by atoms with Crippen LogP contribution >= 0.6 is 0 Å². The fraction of sp³-hybridized carbons (Fsp3) is 0.462. The quantitative estimate of drug-likeness (QED) is 0.711. The van der Waals surface area contributed by atoms with E-state index in [1.165, 1.54) is 6.07 Å². The molecule has 32 heavy (non-hydrogen) atoms. The lowest BCUT2D eigenvalue weighted by Crippen LogP contribution is -2.55. The molecule has 2 aromatic carbocycles. The number of hydrogen-bond donors (Lipinski definition) is 0. The third-order valence-corrected chi connectivity index (χ3v) is 6.63. The number of piperidine rings is 1. The van der Waals surface area contributed by atoms with Crippen molar-refractivity contribution in [1.29, 1.82) is 0 Å². The second-order valence-corrected chi connectivity index (χ2v) is 9.20. The monoisotopic (exact) mass is 438 g/mol. The number of halogens is 1. The summed E-state index contributed by atoms with van der Waals surface area (Å²) in [7, 11) is 3.54. The maximum Gasteiger partial charge on any atom is 0.251 e. The normalized spacial score (nSPS) is 23.2. The summed E-state index contributed by atoms with van der Waals surface area (Å²) in [5.41, 5.74) is 1.70. The van der Waals surface area contributed by atoms with Gasteiger partial charge in [0.25, 0.3) is 5.91 Å². The SMILES string of the molecule is CN(C)C(=O)[C@@]1(Cc2ccc(-c3ccccc3F)cc2)CCCN(C(=O)[C@@H]2CCCO2)C1. The number of nitrogens with zero attached hydrogens (tertiary/aromatic N) is 2. The fourth-order valence-corrected chi connectivity index (χ4v) is 5.05. The predicted molar refractivity (Wildman–Crippen MR) is 121 cm³/mol. The van der Waals surface area contributed by atoms with E-state index in [1.54, 1.807) is 31.1 Å². The van der Waals surface area contributed by atoms with Gasteiger partial charge in [-0.2, -0.15) is 0 Å². The first-order chi connectivity index (χ1) is 15.4. The topological polar surface area (TPSA) is 49.9 Å². The molecular weight excluding hydrogens is 407 g/mol. The van der Waals surface area contributed by atoms with Gasteiger partial charge in [-0.25, -0.2) is 4.39 Å². The average molecular weight is 439 g/mol. The molecule has 0 aliphatic carbocycles. The Kier molecular flexibility index (Phi) is 6.60. The lowest BCUT2D eigenvalue weighted by molar-refractivity contribution is -0.151. The Morgan fingerprint density at radius 2 is 1.88 bits per heavy atom. The number of benzene rings is 2. The van der Waals surface area contributed by atoms with Crippen LogP contribution < -0.4 is 0 Å². The standard InChI is InChI=1S/C26H31FN2O3/c1-28(2)25(31)26(14-6-15-29(18-26)24(30)23-9-5-16-32-23)17-19-10-12-20(13-11-19)21-7-3-4-8-22(21)27/h3-4,7-8,10-13,23H,5-6,9,14-18H2,1-2H3/t23-,26+/m0/s1. The van der Waals surface area contributed by atoms with Gasteiger partial charge in [-0.05, 0) is 49.3 Å². The maximum atomic E-state index is 14.2. The minimum absolute atomic E-state index is 0.00744. The van der Waals surface area contributed by atoms with Gasteiger partial charge in [0.05, 0.1) is 5.41 Å². The van der Waals surface area contributed by atoms with Crippen molar-refractivity contribution in [2.75, 3.05) is 33.8 Å². The number of carbonyl (C=O) groups excluding carboxylic acids is 2. The molecule has 2 aliphatic rings. The second-order valence-electron chi connectivity index (χ2n) is 9.20. The van der Waals surface area contributed by atoms with Crippen molar-refractivity contribution in [3.63, 3.8) is 0 Å². The van der Waals surface area contributed by atoms with Gasteiger partial charge in [0, 0.05) is 39.4 Å². The van der Waals surface area contributed by atoms with E-state index in [2.05, 4.69) is 0 Å². The maximum absolute atomic E-state index is 14.2. The summed E-state index contributed by atoms with van der Waals surface area (Å²) in [6.45, 7) is 1.69. The van der Waals surface area contributed by atoms with Gasteiger partial charge < -0.3 is 14.5 Å². The predicted octanol–water partition coefficient (Wildman–Crippen LogP) is 3.91. The Bertz CT molecular complexity index is 969. The number of ether oxygens (including phenoxy) is 1. The van der Waals surface area contributed by atoms with E-state index < -0.39 is 5.41 Å². The third kappa shape index (κ3) is 4.56. The molecule has 2 atom stereocenters. The van der Waals surface area contributed by atoms with Gasteiger partial charge in [-0.15, -0.1) is 0 Å². The molecule has 0 aromatic heterocycles. The van der Waals surface area contributed by atoms with Crippen molar-refractivity contribution < 1.29 is 18.7 Å². The molecule has 4 rings (SSSR count). The molecular formula is C26H31FN2O3. The van der Waals surface area contributed by atoms with Crippen molar-refractivity contribution in [2.45, 2.75) is 38.2 Å². The Morgan fingerprint density at radius 3 is 2.53 bits per heavy atom. The van der Waals surface area contributed by atoms with Crippen LogP contribution in [-0.2, 0) is 20.7 Å². The summed E-state index contributed by atoms with van der Waals surface area (Å²) >= 11 is 0. The van der Waals surface area contributed by atoms with E-state index in [0.29, 0.717) is 31.7 Å². The Morgan fingerprint density at radius 1 is 1.12 bits per heavy atom. The van der Waals surface area contributed by atoms with E-state index in [0.717, 1.165) is 36.8 Å². The van der Waals surface area contributed by atoms with Gasteiger partial charge in [0.15, 0.2) is 0 Å². The zero-order valence-corrected chi connectivity index (χ0v) is 18.9. The van der Waals surface area contributed by atoms with Crippen molar-refractivity contribution in [3.05, 3.63) is 59.9 Å². The van der Waals surface area contributed by atoms with Gasteiger partial charge in [0.1, 0.15) is 11.9 Å². The van der Waals surface area contributed by atoms with Gasteiger partial charge in [0.2, 0.25) is 5.91 Å². The van der Waals surface area contributed by atoms with Gasteiger partial charge >= 0.3 is 0 Å². The summed E-state index contributed by atoms with van der Waals surface area (Å²) in [6.07, 6.45) is 3.33. The highest BCUT2D eigenvalue weighted by molar-refractivity contribution is 5.86. The van der Waals surface area contributed by atoms with Crippen molar-refractivity contribution in [3.8, 4) is 11.1 Å². The van der Waals surface area contributed by atoms with Crippen LogP contribution in [0.5, 0.6) is 0 Å². The molecule has 2 amide bonds. The summed E-state index contributed by atoms with van der Waals surface area (Å²) < 4.78 is 19.8. The average Bonchev–Trinajstić information content (AvgIpc) is 3.34. The molecule has 0 spiro atoms. The molecule has 0 bridgehead atoms. The lowest BCUT2D eigenvalue weighted by atomic mass is 9.73. The molecule has 2 fully saturated rings. The molecule has 0 N–H and O–H groups in total. The van der Waals surface area contributed by atoms with Crippen LogP contribution in [-0.4, -0.2) is 61.5 Å². The summed E-state index contributed by atoms with van der Waals surface area (Å²) in [5.74, 6) is -0.205. The Labute approximate surface area is 189 Å². The first-order valence-electron chi connectivity index (χ1n) is 11.4. The molecule has 2 aromatic rings. The van der Waals surface area contributed by atoms with E-state index >= 15 is 0 Å². The van der Waals surface area contributed by atoms with E-state index in [9.17, 15) is 14.0 Å². The molecule has 2 heterocycles. The molecule has 2 aliphatic heterocycles. The highest BCUT2D eigenvalue weighted by Crippen LogP contribution is 2.37. The summed E-state index contributed by atoms with van der Waals surface area (Å²) in [4.78, 5) is 29.8. The number of carbonyl (C=O) groups is 2. The molecule has 0 saturated carbocycles. The largest absolute Gasteiger partial charge is 0.368 e. The fourth-order valence-electron chi connectivity index (χ4n) is 5.05. The molecule has 6 heteroatoms. The molecule has 2 saturated heterocycles. The summed E-state index contributed by atoms with van der Waals surface area (Å²) in [5, 5.41) is 0. The minimum Gasteiger partial charge on any atom is -0.368 e. The van der Waals surface area contributed by atoms with Crippen LogP contribution in [0.4, 0.5) is 4.39 Å². The van der Waals surface area contributed by atoms with Crippen LogP contribution in [0.2, 0.25) is 0 Å². The number of hydrogen-bond acceptors (Lipinski definition) is 3. The molecule has 0 unspecified atom stereocenters. The van der Waals surface area contributed by atoms with Crippen LogP contribution in [0.15, 0.2) is 48.5 Å². The van der Waals surface area contributed by atoms with Gasteiger partial charge in [-0.1, -0.05) is 42.5 Å². The Hall–Kier alpha value is -2.73. The zero-order chi connectivity index (χ0) is 22.7. The number of rotatable bonds is 5. The van der Waals surface area contributed by atoms with Gasteiger partial charge in [-0.3, -0.25) is 9.59 Å². The lowest BCUT2D eigenvalue weighted by Gasteiger charge is -2.43. The van der Waals surface area contributed by atoms with Crippen molar-refractivity contribution in [1.82, 2.24) is 9.80 Å². The van der Waals surface area contributed by atoms with Crippen LogP contribution in [0, 0.1) is 11.2 Å². The number of amides is 2. The highest BCUT2D eigenvalue weighted by atomic mass is 19.1. The zero-order valence-electron chi connectivity index (χ0n) is 18.9. The van der Waals surface area contributed by atoms with Crippen molar-refractivity contribution >= 4 is 11.8 Å². The first-order valence-corrected chi connectivity index (χ1v) is 11.4. The highest BCUT2D eigenvalue weighted by Gasteiger charge is 2.45. The summed E-state index contributed by atoms with van der Waals surface area (Å²) in [6, 6.07) is 14.4. The van der Waals surface area contributed by atoms with E-state index in [-0.39, 0.29) is 23.7 Å². The minimum atomic E-state index is -0.671. The molecule has 0 radical (unpaired) electrons. The number of likely N-dealkylation sites (tertiary alicyclic amines) is 1. The smallest absolute Gasteiger partial charge is 0.251 e. The van der Waals surface area contributed by atoms with Crippen molar-refractivity contribution in [2.24, 2.45) is 5.41 Å².